The first-order valence-corrected chi connectivity index (χ1v) is 20.4. The van der Waals surface area contributed by atoms with E-state index in [2.05, 4.69) is 26.6 Å². The Bertz CT molecular complexity index is 2410. The van der Waals surface area contributed by atoms with Gasteiger partial charge in [-0.15, -0.1) is 0 Å². The molecule has 0 saturated carbocycles. The Morgan fingerprint density at radius 1 is 0.338 bits per heavy atom. The lowest BCUT2D eigenvalue weighted by molar-refractivity contribution is -0.136. The second kappa shape index (κ2) is 22.8. The molecule has 12 N–H and O–H groups in total. The molecule has 0 fully saturated rings. The van der Waals surface area contributed by atoms with Gasteiger partial charge in [-0.05, 0) is 88.5 Å². The zero-order valence-electron chi connectivity index (χ0n) is 35.1. The van der Waals surface area contributed by atoms with Gasteiger partial charge in [0.15, 0.2) is 0 Å². The third kappa shape index (κ3) is 15.0. The molecule has 0 aliphatic rings. The molecule has 5 aromatic rings. The van der Waals surface area contributed by atoms with Crippen molar-refractivity contribution in [3.8, 4) is 28.7 Å². The third-order valence-corrected chi connectivity index (χ3v) is 10.2. The van der Waals surface area contributed by atoms with Crippen LogP contribution in [0.5, 0.6) is 28.7 Å². The summed E-state index contributed by atoms with van der Waals surface area (Å²) in [5.41, 5.74) is 4.05. The van der Waals surface area contributed by atoms with E-state index in [1.165, 1.54) is 122 Å². The molecule has 340 valence electrons. The number of carbonyl (C=O) groups excluding carboxylic acids is 6. The lowest BCUT2D eigenvalue weighted by atomic mass is 9.99. The minimum atomic E-state index is -1.46. The number of phenols is 5. The predicted octanol–water partition coefficient (Wildman–Crippen LogP) is 1.68. The van der Waals surface area contributed by atoms with Gasteiger partial charge in [-0.2, -0.15) is 0 Å². The molecule has 0 aliphatic heterocycles. The van der Waals surface area contributed by atoms with E-state index < -0.39 is 65.7 Å². The molecule has 0 heterocycles. The van der Waals surface area contributed by atoms with Crippen LogP contribution in [0.1, 0.15) is 34.7 Å². The number of aromatic hydroxyl groups is 5. The first kappa shape index (κ1) is 47.9. The second-order valence-corrected chi connectivity index (χ2v) is 15.3. The average Bonchev–Trinajstić information content (AvgIpc) is 3.28. The molecule has 0 bridgehead atoms. The van der Waals surface area contributed by atoms with Gasteiger partial charge < -0.3 is 52.1 Å². The zero-order chi connectivity index (χ0) is 47.0. The number of rotatable bonds is 20. The van der Waals surface area contributed by atoms with E-state index in [0.29, 0.717) is 27.8 Å². The second-order valence-electron chi connectivity index (χ2n) is 15.3. The summed E-state index contributed by atoms with van der Waals surface area (Å²) in [5, 5.41) is 72.1. The molecule has 0 aliphatic carbocycles. The van der Waals surface area contributed by atoms with Gasteiger partial charge in [0.1, 0.15) is 59.0 Å². The van der Waals surface area contributed by atoms with Crippen molar-refractivity contribution in [3.05, 3.63) is 149 Å². The quantitative estimate of drug-likeness (QED) is 0.0393. The molecule has 5 rings (SSSR count). The van der Waals surface area contributed by atoms with Crippen molar-refractivity contribution in [3.63, 3.8) is 0 Å². The fraction of sp³-hybridized carbons (Fsp3) is 0.234. The van der Waals surface area contributed by atoms with E-state index in [1.54, 1.807) is 12.1 Å². The van der Waals surface area contributed by atoms with Crippen LogP contribution in [0.4, 0.5) is 0 Å². The van der Waals surface area contributed by atoms with E-state index in [9.17, 15) is 59.5 Å². The SMILES string of the molecule is CC(=O)N[C@@H](Cc1ccc(O)cc1)C(=O)N[C@@H](Cc1ccc(O)cc1)C(=O)N[C@@H](Cc1ccc(O)cc1)C(=O)N[C@@H](Cc1ccc(O)cc1)C(=O)N[C@@H](Cc1ccc(O)cc1)C(=O)NO. The number of amides is 6. The van der Waals surface area contributed by atoms with Gasteiger partial charge in [0.25, 0.3) is 5.91 Å². The molecule has 18 nitrogen and oxygen atoms in total. The number of hydrogen-bond acceptors (Lipinski definition) is 12. The van der Waals surface area contributed by atoms with Crippen molar-refractivity contribution in [2.45, 2.75) is 69.2 Å². The lowest BCUT2D eigenvalue weighted by Crippen LogP contribution is -2.60. The van der Waals surface area contributed by atoms with E-state index in [1.807, 2.05) is 0 Å². The van der Waals surface area contributed by atoms with Crippen LogP contribution in [0.25, 0.3) is 0 Å². The number of carbonyl (C=O) groups is 6. The molecule has 0 saturated heterocycles. The van der Waals surface area contributed by atoms with Crippen LogP contribution in [0, 0.1) is 0 Å². The largest absolute Gasteiger partial charge is 0.508 e. The van der Waals surface area contributed by atoms with Crippen LogP contribution < -0.4 is 32.1 Å². The molecule has 65 heavy (non-hydrogen) atoms. The Balaban J connectivity index is 1.46. The average molecular weight is 891 g/mol. The minimum absolute atomic E-state index is 0.0120. The van der Waals surface area contributed by atoms with Gasteiger partial charge in [-0.1, -0.05) is 60.7 Å². The lowest BCUT2D eigenvalue weighted by Gasteiger charge is -2.27. The highest BCUT2D eigenvalue weighted by atomic mass is 16.5. The van der Waals surface area contributed by atoms with Crippen LogP contribution in [0.15, 0.2) is 121 Å². The van der Waals surface area contributed by atoms with Crippen molar-refractivity contribution in [2.24, 2.45) is 0 Å². The molecule has 5 aromatic carbocycles. The summed E-state index contributed by atoms with van der Waals surface area (Å²) in [5.74, 6) is -5.14. The first-order chi connectivity index (χ1) is 31.0. The van der Waals surface area contributed by atoms with Gasteiger partial charge >= 0.3 is 0 Å². The van der Waals surface area contributed by atoms with Crippen LogP contribution >= 0.6 is 0 Å². The standard InChI is InChI=1S/C47H50N6O12/c1-27(54)48-38(22-28-2-12-33(55)13-3-28)43(60)49-39(23-29-4-14-34(56)15-5-29)44(61)50-40(24-30-6-16-35(57)17-7-30)45(62)51-41(25-31-8-18-36(58)19-9-31)46(63)52-42(47(64)53-65)26-32-10-20-37(59)21-11-32/h2-21,38-42,55-59,65H,22-26H2,1H3,(H,48,54)(H,49,60)(H,50,61)(H,51,62)(H,52,63)(H,53,64)/t38-,39-,40-,41-,42-/m0/s1. The summed E-state index contributed by atoms with van der Waals surface area (Å²) in [6.07, 6.45) is -0.694. The molecule has 0 spiro atoms. The van der Waals surface area contributed by atoms with Crippen molar-refractivity contribution in [2.75, 3.05) is 0 Å². The molecule has 0 radical (unpaired) electrons. The summed E-state index contributed by atoms with van der Waals surface area (Å²) in [6, 6.07) is 22.3. The van der Waals surface area contributed by atoms with Crippen molar-refractivity contribution in [1.29, 1.82) is 0 Å². The highest BCUT2D eigenvalue weighted by Crippen LogP contribution is 2.18. The number of nitrogens with one attached hydrogen (secondary N) is 6. The predicted molar refractivity (Wildman–Crippen MR) is 234 cm³/mol. The summed E-state index contributed by atoms with van der Waals surface area (Å²) in [6.45, 7) is 1.22. The molecule has 5 atom stereocenters. The van der Waals surface area contributed by atoms with Crippen molar-refractivity contribution >= 4 is 35.4 Å². The topological polar surface area (TPSA) is 296 Å². The Labute approximate surface area is 373 Å². The van der Waals surface area contributed by atoms with Crippen molar-refractivity contribution < 1.29 is 59.5 Å². The smallest absolute Gasteiger partial charge is 0.266 e. The van der Waals surface area contributed by atoms with Crippen molar-refractivity contribution in [1.82, 2.24) is 32.1 Å². The summed E-state index contributed by atoms with van der Waals surface area (Å²) >= 11 is 0. The maximum atomic E-state index is 14.5. The Hall–Kier alpha value is -8.12. The summed E-state index contributed by atoms with van der Waals surface area (Å²) in [4.78, 5) is 82.1. The highest BCUT2D eigenvalue weighted by Gasteiger charge is 2.33. The third-order valence-electron chi connectivity index (χ3n) is 10.2. The maximum Gasteiger partial charge on any atom is 0.266 e. The number of phenolic OH excluding ortho intramolecular Hbond substituents is 5. The number of benzene rings is 5. The number of hydroxylamine groups is 1. The van der Waals surface area contributed by atoms with Gasteiger partial charge in [0.05, 0.1) is 0 Å². The molecule has 6 amide bonds. The Morgan fingerprint density at radius 3 is 0.708 bits per heavy atom. The van der Waals surface area contributed by atoms with Gasteiger partial charge in [0, 0.05) is 39.0 Å². The van der Waals surface area contributed by atoms with Crippen LogP contribution in [0.2, 0.25) is 0 Å². The molecule has 0 unspecified atom stereocenters. The molecule has 0 aromatic heterocycles. The molecular formula is C47H50N6O12. The fourth-order valence-corrected chi connectivity index (χ4v) is 6.80. The Kier molecular flexibility index (Phi) is 16.8. The van der Waals surface area contributed by atoms with E-state index >= 15 is 0 Å². The van der Waals surface area contributed by atoms with E-state index in [0.717, 1.165) is 0 Å². The maximum absolute atomic E-state index is 14.5. The molecule has 18 heteroatoms. The first-order valence-electron chi connectivity index (χ1n) is 20.4. The minimum Gasteiger partial charge on any atom is -0.508 e. The monoisotopic (exact) mass is 890 g/mol. The van der Waals surface area contributed by atoms with Gasteiger partial charge in [-0.25, -0.2) is 5.48 Å². The van der Waals surface area contributed by atoms with E-state index in [-0.39, 0.29) is 60.9 Å². The normalized spacial score (nSPS) is 13.1. The van der Waals surface area contributed by atoms with Gasteiger partial charge in [-0.3, -0.25) is 34.0 Å². The summed E-state index contributed by atoms with van der Waals surface area (Å²) < 4.78 is 0. The Morgan fingerprint density at radius 2 is 0.523 bits per heavy atom. The van der Waals surface area contributed by atoms with E-state index in [4.69, 9.17) is 0 Å². The summed E-state index contributed by atoms with van der Waals surface area (Å²) in [7, 11) is 0. The highest BCUT2D eigenvalue weighted by molar-refractivity contribution is 5.96. The van der Waals surface area contributed by atoms with Crippen LogP contribution in [0.3, 0.4) is 0 Å². The van der Waals surface area contributed by atoms with Crippen LogP contribution in [-0.4, -0.2) is 96.4 Å². The number of hydrogen-bond donors (Lipinski definition) is 12. The zero-order valence-corrected chi connectivity index (χ0v) is 35.1. The fourth-order valence-electron chi connectivity index (χ4n) is 6.80. The van der Waals surface area contributed by atoms with Crippen LogP contribution in [-0.2, 0) is 60.9 Å². The van der Waals surface area contributed by atoms with Gasteiger partial charge in [0.2, 0.25) is 29.5 Å². The molecular weight excluding hydrogens is 841 g/mol.